The summed E-state index contributed by atoms with van der Waals surface area (Å²) in [6.45, 7) is 8.64. The van der Waals surface area contributed by atoms with Crippen LogP contribution in [-0.2, 0) is 0 Å². The van der Waals surface area contributed by atoms with Gasteiger partial charge in [0.15, 0.2) is 0 Å². The molecule has 1 aromatic carbocycles. The predicted molar refractivity (Wildman–Crippen MR) is 68.8 cm³/mol. The molecular formula is C15H18O. The molecule has 0 spiro atoms. The summed E-state index contributed by atoms with van der Waals surface area (Å²) in [5.41, 5.74) is 1.95. The molecular weight excluding hydrogens is 196 g/mol. The first-order valence-electron chi connectivity index (χ1n) is 5.59. The van der Waals surface area contributed by atoms with Crippen LogP contribution >= 0.6 is 0 Å². The average molecular weight is 214 g/mol. The van der Waals surface area contributed by atoms with Crippen LogP contribution in [0.4, 0.5) is 0 Å². The summed E-state index contributed by atoms with van der Waals surface area (Å²) in [5.74, 6) is 3.76. The maximum Gasteiger partial charge on any atom is 0.135 e. The number of terminal acetylenes is 1. The minimum absolute atomic E-state index is 0.247. The lowest BCUT2D eigenvalue weighted by molar-refractivity contribution is 0.316. The molecule has 0 bridgehead atoms. The Balaban J connectivity index is 3.11. The quantitative estimate of drug-likeness (QED) is 0.536. The van der Waals surface area contributed by atoms with E-state index in [4.69, 9.17) is 11.2 Å². The molecule has 0 radical (unpaired) electrons. The standard InChI is InChI=1S/C15H18O/c1-5-11-16-15-10-8-9-14(12(4)6-2)13(15)7-3/h3,6,8-10,12H,2,5,11H2,1,4H3. The highest BCUT2D eigenvalue weighted by molar-refractivity contribution is 5.52. The third kappa shape index (κ3) is 2.67. The zero-order valence-electron chi connectivity index (χ0n) is 9.99. The Morgan fingerprint density at radius 1 is 1.56 bits per heavy atom. The van der Waals surface area contributed by atoms with Gasteiger partial charge < -0.3 is 4.74 Å². The third-order valence-electron chi connectivity index (χ3n) is 2.51. The summed E-state index contributed by atoms with van der Waals surface area (Å²) in [6.07, 6.45) is 8.42. The Morgan fingerprint density at radius 3 is 2.88 bits per heavy atom. The van der Waals surface area contributed by atoms with Crippen molar-refractivity contribution >= 4 is 0 Å². The zero-order chi connectivity index (χ0) is 12.0. The molecule has 0 aliphatic heterocycles. The van der Waals surface area contributed by atoms with Crippen molar-refractivity contribution in [3.63, 3.8) is 0 Å². The highest BCUT2D eigenvalue weighted by atomic mass is 16.5. The fourth-order valence-corrected chi connectivity index (χ4v) is 1.54. The van der Waals surface area contributed by atoms with Gasteiger partial charge in [-0.3, -0.25) is 0 Å². The average Bonchev–Trinajstić information content (AvgIpc) is 2.34. The van der Waals surface area contributed by atoms with Gasteiger partial charge >= 0.3 is 0 Å². The van der Waals surface area contributed by atoms with Crippen molar-refractivity contribution in [1.82, 2.24) is 0 Å². The molecule has 0 amide bonds. The summed E-state index contributed by atoms with van der Waals surface area (Å²) in [7, 11) is 0. The molecule has 1 rings (SSSR count). The maximum atomic E-state index is 5.64. The molecule has 0 saturated heterocycles. The number of allylic oxidation sites excluding steroid dienone is 1. The first-order chi connectivity index (χ1) is 7.74. The molecule has 0 N–H and O–H groups in total. The molecule has 0 aliphatic carbocycles. The first kappa shape index (κ1) is 12.4. The smallest absolute Gasteiger partial charge is 0.135 e. The topological polar surface area (TPSA) is 9.23 Å². The van der Waals surface area contributed by atoms with E-state index in [1.54, 1.807) is 0 Å². The van der Waals surface area contributed by atoms with E-state index in [2.05, 4.69) is 26.3 Å². The van der Waals surface area contributed by atoms with Crippen molar-refractivity contribution in [1.29, 1.82) is 0 Å². The monoisotopic (exact) mass is 214 g/mol. The summed E-state index contributed by atoms with van der Waals surface area (Å²) < 4.78 is 5.64. The molecule has 1 aromatic rings. The summed E-state index contributed by atoms with van der Waals surface area (Å²) >= 11 is 0. The lowest BCUT2D eigenvalue weighted by Gasteiger charge is -2.14. The molecule has 0 fully saturated rings. The number of rotatable bonds is 5. The minimum atomic E-state index is 0.247. The minimum Gasteiger partial charge on any atom is -0.492 e. The van der Waals surface area contributed by atoms with Crippen LogP contribution in [0.5, 0.6) is 5.75 Å². The van der Waals surface area contributed by atoms with Gasteiger partial charge in [-0.2, -0.15) is 0 Å². The van der Waals surface area contributed by atoms with E-state index < -0.39 is 0 Å². The van der Waals surface area contributed by atoms with Gasteiger partial charge in [0.1, 0.15) is 5.75 Å². The summed E-state index contributed by atoms with van der Waals surface area (Å²) in [4.78, 5) is 0. The van der Waals surface area contributed by atoms with Gasteiger partial charge in [-0.05, 0) is 18.1 Å². The fourth-order valence-electron chi connectivity index (χ4n) is 1.54. The van der Waals surface area contributed by atoms with Gasteiger partial charge in [-0.15, -0.1) is 13.0 Å². The molecule has 1 unspecified atom stereocenters. The van der Waals surface area contributed by atoms with Gasteiger partial charge in [0.2, 0.25) is 0 Å². The predicted octanol–water partition coefficient (Wildman–Crippen LogP) is 3.75. The lowest BCUT2D eigenvalue weighted by Crippen LogP contribution is -2.01. The van der Waals surface area contributed by atoms with E-state index in [9.17, 15) is 0 Å². The van der Waals surface area contributed by atoms with Crippen molar-refractivity contribution in [3.05, 3.63) is 42.0 Å². The van der Waals surface area contributed by atoms with Gasteiger partial charge in [0, 0.05) is 5.92 Å². The third-order valence-corrected chi connectivity index (χ3v) is 2.51. The molecule has 16 heavy (non-hydrogen) atoms. The van der Waals surface area contributed by atoms with E-state index >= 15 is 0 Å². The number of ether oxygens (including phenoxy) is 1. The van der Waals surface area contributed by atoms with Crippen molar-refractivity contribution in [3.8, 4) is 18.1 Å². The van der Waals surface area contributed by atoms with Crippen LogP contribution in [0, 0.1) is 12.3 Å². The molecule has 84 valence electrons. The Hall–Kier alpha value is -1.68. The van der Waals surface area contributed by atoms with Gasteiger partial charge in [0.05, 0.1) is 12.2 Å². The largest absolute Gasteiger partial charge is 0.492 e. The molecule has 1 atom stereocenters. The SMILES string of the molecule is C#Cc1c(OCCC)cccc1C(C)C=C. The summed E-state index contributed by atoms with van der Waals surface area (Å²) in [6, 6.07) is 5.92. The van der Waals surface area contributed by atoms with Crippen molar-refractivity contribution in [2.24, 2.45) is 0 Å². The second kappa shape index (κ2) is 6.02. The van der Waals surface area contributed by atoms with Crippen molar-refractivity contribution < 1.29 is 4.74 Å². The first-order valence-corrected chi connectivity index (χ1v) is 5.59. The number of hydrogen-bond donors (Lipinski definition) is 0. The van der Waals surface area contributed by atoms with Gasteiger partial charge in [-0.1, -0.05) is 38.0 Å². The van der Waals surface area contributed by atoms with E-state index in [0.717, 1.165) is 23.3 Å². The van der Waals surface area contributed by atoms with Crippen LogP contribution in [0.1, 0.15) is 37.3 Å². The Bertz CT molecular complexity index is 398. The molecule has 0 saturated carbocycles. The highest BCUT2D eigenvalue weighted by Crippen LogP contribution is 2.27. The van der Waals surface area contributed by atoms with Crippen LogP contribution in [-0.4, -0.2) is 6.61 Å². The normalized spacial score (nSPS) is 11.6. The molecule has 0 aliphatic rings. The lowest BCUT2D eigenvalue weighted by atomic mass is 9.95. The van der Waals surface area contributed by atoms with Crippen LogP contribution < -0.4 is 4.74 Å². The Kier molecular flexibility index (Phi) is 4.66. The molecule has 0 heterocycles. The number of benzene rings is 1. The Morgan fingerprint density at radius 2 is 2.31 bits per heavy atom. The number of hydrogen-bond acceptors (Lipinski definition) is 1. The summed E-state index contributed by atoms with van der Waals surface area (Å²) in [5, 5.41) is 0. The van der Waals surface area contributed by atoms with E-state index in [1.165, 1.54) is 0 Å². The van der Waals surface area contributed by atoms with Gasteiger partial charge in [-0.25, -0.2) is 0 Å². The van der Waals surface area contributed by atoms with Crippen molar-refractivity contribution in [2.45, 2.75) is 26.2 Å². The maximum absolute atomic E-state index is 5.64. The van der Waals surface area contributed by atoms with Crippen LogP contribution in [0.15, 0.2) is 30.9 Å². The molecule has 1 heteroatoms. The van der Waals surface area contributed by atoms with Crippen LogP contribution in [0.2, 0.25) is 0 Å². The Labute approximate surface area is 98.1 Å². The van der Waals surface area contributed by atoms with Crippen molar-refractivity contribution in [2.75, 3.05) is 6.61 Å². The van der Waals surface area contributed by atoms with E-state index in [0.29, 0.717) is 6.61 Å². The molecule has 0 aromatic heterocycles. The van der Waals surface area contributed by atoms with Crippen LogP contribution in [0.25, 0.3) is 0 Å². The molecule has 1 nitrogen and oxygen atoms in total. The zero-order valence-corrected chi connectivity index (χ0v) is 9.99. The van der Waals surface area contributed by atoms with Crippen LogP contribution in [0.3, 0.4) is 0 Å². The van der Waals surface area contributed by atoms with E-state index in [1.807, 2.05) is 24.3 Å². The highest BCUT2D eigenvalue weighted by Gasteiger charge is 2.10. The van der Waals surface area contributed by atoms with E-state index in [-0.39, 0.29) is 5.92 Å². The second-order valence-corrected chi connectivity index (χ2v) is 3.74. The second-order valence-electron chi connectivity index (χ2n) is 3.74. The fraction of sp³-hybridized carbons (Fsp3) is 0.333. The van der Waals surface area contributed by atoms with Gasteiger partial charge in [0.25, 0.3) is 0 Å².